The zero-order valence-corrected chi connectivity index (χ0v) is 17.1. The molecule has 0 amide bonds. The van der Waals surface area contributed by atoms with E-state index in [4.69, 9.17) is 22.9 Å². The fourth-order valence-corrected chi connectivity index (χ4v) is 3.40. The first-order valence-electron chi connectivity index (χ1n) is 9.78. The summed E-state index contributed by atoms with van der Waals surface area (Å²) >= 11 is 0. The van der Waals surface area contributed by atoms with E-state index in [9.17, 15) is 0 Å². The Morgan fingerprint density at radius 3 is 0.900 bits per heavy atom. The molecule has 0 saturated heterocycles. The van der Waals surface area contributed by atoms with Crippen molar-refractivity contribution in [2.45, 2.75) is 12.3 Å². The molecule has 0 radical (unpaired) electrons. The Kier molecular flexibility index (Phi) is 6.28. The molecule has 152 valence electrons. The topological polar surface area (TPSA) is 104 Å². The van der Waals surface area contributed by atoms with Crippen molar-refractivity contribution < 1.29 is 0 Å². The molecule has 0 unspecified atom stereocenters. The van der Waals surface area contributed by atoms with E-state index in [-0.39, 0.29) is 5.41 Å². The monoisotopic (exact) mass is 396 g/mol. The average molecular weight is 397 g/mol. The maximum atomic E-state index is 5.85. The van der Waals surface area contributed by atoms with Crippen LogP contribution in [0.3, 0.4) is 0 Å². The summed E-state index contributed by atoms with van der Waals surface area (Å²) in [5.74, 6) is 0. The first-order chi connectivity index (χ1) is 14.4. The van der Waals surface area contributed by atoms with Crippen LogP contribution in [0.1, 0.15) is 23.6 Å². The molecule has 4 heteroatoms. The van der Waals surface area contributed by atoms with Crippen molar-refractivity contribution in [2.75, 3.05) is 22.9 Å². The summed E-state index contributed by atoms with van der Waals surface area (Å²) < 4.78 is 0. The summed E-state index contributed by atoms with van der Waals surface area (Å²) in [6, 6.07) is 33.5. The van der Waals surface area contributed by atoms with Crippen LogP contribution in [0.15, 0.2) is 103 Å². The second kappa shape index (κ2) is 9.05. The number of anilines is 4. The third kappa shape index (κ3) is 4.73. The normalized spacial score (nSPS) is 10.7. The number of nitrogen functional groups attached to an aromatic ring is 4. The second-order valence-electron chi connectivity index (χ2n) is 7.40. The molecule has 0 fully saturated rings. The van der Waals surface area contributed by atoms with Gasteiger partial charge in [0.25, 0.3) is 0 Å². The Labute approximate surface area is 178 Å². The van der Waals surface area contributed by atoms with Crippen molar-refractivity contribution in [1.29, 1.82) is 0 Å². The molecule has 0 saturated carbocycles. The highest BCUT2D eigenvalue weighted by Crippen LogP contribution is 2.39. The molecule has 0 bridgehead atoms. The van der Waals surface area contributed by atoms with Gasteiger partial charge in [0, 0.05) is 28.2 Å². The Bertz CT molecular complexity index is 944. The predicted molar refractivity (Wildman–Crippen MR) is 129 cm³/mol. The first-order valence-corrected chi connectivity index (χ1v) is 9.78. The molecule has 0 spiro atoms. The van der Waals surface area contributed by atoms with Gasteiger partial charge in [-0.05, 0) is 72.1 Å². The van der Waals surface area contributed by atoms with Crippen molar-refractivity contribution >= 4 is 22.7 Å². The molecular formula is C26H28N4. The second-order valence-corrected chi connectivity index (χ2v) is 7.40. The molecule has 30 heavy (non-hydrogen) atoms. The van der Waals surface area contributed by atoms with Crippen LogP contribution < -0.4 is 22.9 Å². The Morgan fingerprint density at radius 2 is 0.667 bits per heavy atom. The van der Waals surface area contributed by atoms with Crippen LogP contribution in [0.4, 0.5) is 22.7 Å². The Hall–Kier alpha value is -3.92. The van der Waals surface area contributed by atoms with E-state index >= 15 is 0 Å². The summed E-state index contributed by atoms with van der Waals surface area (Å²) in [6.07, 6.45) is 0. The fraction of sp³-hybridized carbons (Fsp3) is 0.0769. The molecule has 4 rings (SSSR count). The third-order valence-corrected chi connectivity index (χ3v) is 5.26. The first kappa shape index (κ1) is 20.8. The summed E-state index contributed by atoms with van der Waals surface area (Å²) in [6.45, 7) is 2.20. The molecular weight excluding hydrogens is 368 g/mol. The third-order valence-electron chi connectivity index (χ3n) is 5.26. The highest BCUT2D eigenvalue weighted by molar-refractivity contribution is 5.55. The minimum atomic E-state index is -0.310. The van der Waals surface area contributed by atoms with Crippen LogP contribution in [-0.2, 0) is 5.41 Å². The lowest BCUT2D eigenvalue weighted by Crippen LogP contribution is -2.25. The van der Waals surface area contributed by atoms with E-state index in [2.05, 4.69) is 43.3 Å². The van der Waals surface area contributed by atoms with E-state index < -0.39 is 0 Å². The highest BCUT2D eigenvalue weighted by atomic mass is 14.6. The maximum Gasteiger partial charge on any atom is 0.0423 e. The molecule has 4 aromatic carbocycles. The molecule has 0 aliphatic carbocycles. The summed E-state index contributed by atoms with van der Waals surface area (Å²) in [5, 5.41) is 0. The lowest BCUT2D eigenvalue weighted by atomic mass is 9.71. The van der Waals surface area contributed by atoms with Gasteiger partial charge in [0.1, 0.15) is 0 Å². The molecule has 0 atom stereocenters. The predicted octanol–water partition coefficient (Wildman–Crippen LogP) is 5.06. The van der Waals surface area contributed by atoms with E-state index in [1.165, 1.54) is 16.7 Å². The van der Waals surface area contributed by atoms with Gasteiger partial charge in [0.2, 0.25) is 0 Å². The molecule has 0 aromatic heterocycles. The molecule has 0 heterocycles. The van der Waals surface area contributed by atoms with E-state index in [1.54, 1.807) is 0 Å². The standard InChI is InChI=1S/C20H21N3.C6H7N/c1-20(14-2-8-17(21)9-3-14,15-4-10-18(22)11-5-15)16-6-12-19(23)13-7-16;7-6-4-2-1-3-5-6/h2-13H,21-23H2,1H3;1-5H,7H2. The van der Waals surface area contributed by atoms with Gasteiger partial charge in [-0.1, -0.05) is 54.6 Å². The lowest BCUT2D eigenvalue weighted by Gasteiger charge is -2.32. The lowest BCUT2D eigenvalue weighted by molar-refractivity contribution is 0.693. The van der Waals surface area contributed by atoms with E-state index in [1.807, 2.05) is 66.7 Å². The van der Waals surface area contributed by atoms with Gasteiger partial charge in [-0.15, -0.1) is 0 Å². The smallest absolute Gasteiger partial charge is 0.0423 e. The van der Waals surface area contributed by atoms with Gasteiger partial charge in [-0.3, -0.25) is 0 Å². The van der Waals surface area contributed by atoms with Crippen molar-refractivity contribution in [2.24, 2.45) is 0 Å². The van der Waals surface area contributed by atoms with Crippen LogP contribution in [0.25, 0.3) is 0 Å². The number of hydrogen-bond acceptors (Lipinski definition) is 4. The SMILES string of the molecule is CC(c1ccc(N)cc1)(c1ccc(N)cc1)c1ccc(N)cc1.Nc1ccccc1. The Morgan fingerprint density at radius 1 is 0.400 bits per heavy atom. The molecule has 4 aromatic rings. The number of para-hydroxylation sites is 1. The highest BCUT2D eigenvalue weighted by Gasteiger charge is 2.31. The van der Waals surface area contributed by atoms with Crippen molar-refractivity contribution in [3.05, 3.63) is 120 Å². The fourth-order valence-electron chi connectivity index (χ4n) is 3.40. The Balaban J connectivity index is 0.000000310. The number of rotatable bonds is 3. The quantitative estimate of drug-likeness (QED) is 0.287. The molecule has 0 aliphatic heterocycles. The van der Waals surface area contributed by atoms with Gasteiger partial charge in [0.05, 0.1) is 0 Å². The molecule has 0 aliphatic rings. The van der Waals surface area contributed by atoms with Crippen LogP contribution in [0, 0.1) is 0 Å². The largest absolute Gasteiger partial charge is 0.399 e. The summed E-state index contributed by atoms with van der Waals surface area (Å²) in [7, 11) is 0. The van der Waals surface area contributed by atoms with Crippen LogP contribution >= 0.6 is 0 Å². The van der Waals surface area contributed by atoms with Gasteiger partial charge in [0.15, 0.2) is 0 Å². The summed E-state index contributed by atoms with van der Waals surface area (Å²) in [4.78, 5) is 0. The van der Waals surface area contributed by atoms with Gasteiger partial charge in [-0.25, -0.2) is 0 Å². The minimum absolute atomic E-state index is 0.310. The van der Waals surface area contributed by atoms with E-state index in [0.717, 1.165) is 22.7 Å². The van der Waals surface area contributed by atoms with E-state index in [0.29, 0.717) is 0 Å². The van der Waals surface area contributed by atoms with Crippen LogP contribution in [0.2, 0.25) is 0 Å². The average Bonchev–Trinajstić information content (AvgIpc) is 2.76. The maximum absolute atomic E-state index is 5.85. The zero-order valence-electron chi connectivity index (χ0n) is 17.1. The van der Waals surface area contributed by atoms with Gasteiger partial charge in [-0.2, -0.15) is 0 Å². The number of hydrogen-bond donors (Lipinski definition) is 4. The van der Waals surface area contributed by atoms with Crippen LogP contribution in [-0.4, -0.2) is 0 Å². The minimum Gasteiger partial charge on any atom is -0.399 e. The van der Waals surface area contributed by atoms with Crippen LogP contribution in [0.5, 0.6) is 0 Å². The zero-order chi connectivity index (χ0) is 21.6. The molecule has 4 nitrogen and oxygen atoms in total. The van der Waals surface area contributed by atoms with Crippen molar-refractivity contribution in [1.82, 2.24) is 0 Å². The summed E-state index contributed by atoms with van der Waals surface area (Å²) in [5.41, 5.74) is 29.2. The van der Waals surface area contributed by atoms with Gasteiger partial charge < -0.3 is 22.9 Å². The van der Waals surface area contributed by atoms with Crippen molar-refractivity contribution in [3.63, 3.8) is 0 Å². The van der Waals surface area contributed by atoms with Gasteiger partial charge >= 0.3 is 0 Å². The molecule has 8 N–H and O–H groups in total. The number of nitrogens with two attached hydrogens (primary N) is 4. The number of benzene rings is 4. The van der Waals surface area contributed by atoms with Crippen molar-refractivity contribution in [3.8, 4) is 0 Å².